The third-order valence-corrected chi connectivity index (χ3v) is 8.12. The highest BCUT2D eigenvalue weighted by molar-refractivity contribution is 7.13. The molecule has 0 fully saturated rings. The number of para-hydroxylation sites is 1. The van der Waals surface area contributed by atoms with Crippen molar-refractivity contribution in [3.8, 4) is 22.1 Å². The van der Waals surface area contributed by atoms with Crippen LogP contribution in [0.2, 0.25) is 0 Å². The average Bonchev–Trinajstić information content (AvgIpc) is 3.40. The largest absolute Gasteiger partial charge is 0.308 e. The van der Waals surface area contributed by atoms with Gasteiger partial charge in [0.15, 0.2) is 11.6 Å². The van der Waals surface area contributed by atoms with Gasteiger partial charge in [-0.1, -0.05) is 38.1 Å². The highest BCUT2D eigenvalue weighted by Gasteiger charge is 2.49. The van der Waals surface area contributed by atoms with Crippen LogP contribution >= 0.6 is 11.3 Å². The molecule has 0 saturated heterocycles. The Morgan fingerprint density at radius 2 is 2.00 bits per heavy atom. The lowest BCUT2D eigenvalue weighted by atomic mass is 9.58. The number of hydrogen-bond acceptors (Lipinski definition) is 6. The average molecular weight is 464 g/mol. The number of Topliss-reactive ketones (excluding diaryl/α,β-unsaturated/α-hetero) is 1. The number of thiazole rings is 1. The van der Waals surface area contributed by atoms with Crippen LogP contribution in [0, 0.1) is 18.4 Å². The van der Waals surface area contributed by atoms with Crippen LogP contribution in [0.25, 0.3) is 37.8 Å². The van der Waals surface area contributed by atoms with E-state index in [4.69, 9.17) is 16.5 Å². The summed E-state index contributed by atoms with van der Waals surface area (Å²) in [7, 11) is 0. The lowest BCUT2D eigenvalue weighted by Crippen LogP contribution is -2.46. The maximum atomic E-state index is 12.8. The van der Waals surface area contributed by atoms with Crippen molar-refractivity contribution in [3.05, 3.63) is 82.6 Å². The zero-order valence-electron chi connectivity index (χ0n) is 18.8. The van der Waals surface area contributed by atoms with Crippen LogP contribution < -0.4 is 0 Å². The van der Waals surface area contributed by atoms with E-state index in [1.165, 1.54) is 0 Å². The molecule has 0 unspecified atom stereocenters. The smallest absolute Gasteiger partial charge is 0.226 e. The molecular formula is C27H21N5OS. The van der Waals surface area contributed by atoms with Gasteiger partial charge in [-0.2, -0.15) is 0 Å². The first-order chi connectivity index (χ1) is 16.5. The fourth-order valence-corrected chi connectivity index (χ4v) is 6.33. The molecule has 166 valence electrons. The van der Waals surface area contributed by atoms with E-state index in [-0.39, 0.29) is 23.3 Å². The predicted molar refractivity (Wildman–Crippen MR) is 132 cm³/mol. The van der Waals surface area contributed by atoms with Gasteiger partial charge in [0.1, 0.15) is 10.7 Å². The molecule has 0 bridgehead atoms. The summed E-state index contributed by atoms with van der Waals surface area (Å²) in [5.74, 6) is 0.414. The molecule has 0 radical (unpaired) electrons. The minimum absolute atomic E-state index is 0.0597. The predicted octanol–water partition coefficient (Wildman–Crippen LogP) is 5.66. The summed E-state index contributed by atoms with van der Waals surface area (Å²) in [5.41, 5.74) is 4.29. The monoisotopic (exact) mass is 463 g/mol. The Kier molecular flexibility index (Phi) is 4.68. The lowest BCUT2D eigenvalue weighted by molar-refractivity contribution is -0.121. The number of allylic oxidation sites excluding steroid dienone is 2. The van der Waals surface area contributed by atoms with Crippen LogP contribution in [-0.4, -0.2) is 25.7 Å². The van der Waals surface area contributed by atoms with Crippen LogP contribution in [0.1, 0.15) is 31.5 Å². The number of rotatable bonds is 2. The normalized spacial score (nSPS) is 23.7. The number of fused-ring (bicyclic) bond motifs is 4. The number of carbonyl (C=O) groups excluding carboxylic acids is 1. The maximum absolute atomic E-state index is 12.8. The van der Waals surface area contributed by atoms with E-state index in [1.807, 2.05) is 48.7 Å². The first kappa shape index (κ1) is 20.8. The number of hydrogen-bond donors (Lipinski definition) is 0. The first-order valence-electron chi connectivity index (χ1n) is 11.3. The summed E-state index contributed by atoms with van der Waals surface area (Å²) in [6.45, 7) is 11.7. The van der Waals surface area contributed by atoms with Crippen LogP contribution in [0.5, 0.6) is 0 Å². The molecule has 3 atom stereocenters. The van der Waals surface area contributed by atoms with Gasteiger partial charge in [-0.25, -0.2) is 19.8 Å². The third kappa shape index (κ3) is 2.95. The third-order valence-electron chi connectivity index (χ3n) is 7.34. The minimum Gasteiger partial charge on any atom is -0.308 e. The van der Waals surface area contributed by atoms with Crippen molar-refractivity contribution in [1.82, 2.24) is 19.9 Å². The van der Waals surface area contributed by atoms with E-state index >= 15 is 0 Å². The molecule has 6 nitrogen and oxygen atoms in total. The van der Waals surface area contributed by atoms with Gasteiger partial charge in [0.05, 0.1) is 17.8 Å². The van der Waals surface area contributed by atoms with Crippen LogP contribution in [0.3, 0.4) is 0 Å². The fourth-order valence-electron chi connectivity index (χ4n) is 5.67. The second-order valence-electron chi connectivity index (χ2n) is 9.16. The first-order valence-corrected chi connectivity index (χ1v) is 12.2. The topological polar surface area (TPSA) is 73.0 Å². The number of aromatic nitrogens is 4. The summed E-state index contributed by atoms with van der Waals surface area (Å²) in [4.78, 5) is 35.7. The molecule has 7 heteroatoms. The number of pyridine rings is 1. The summed E-state index contributed by atoms with van der Waals surface area (Å²) in [6, 6.07) is 9.93. The fraction of sp³-hybridized carbons (Fsp3) is 0.259. The van der Waals surface area contributed by atoms with Gasteiger partial charge in [0, 0.05) is 45.6 Å². The number of benzene rings is 1. The van der Waals surface area contributed by atoms with Crippen molar-refractivity contribution >= 4 is 28.0 Å². The van der Waals surface area contributed by atoms with Gasteiger partial charge in [-0.05, 0) is 30.9 Å². The van der Waals surface area contributed by atoms with E-state index < -0.39 is 5.41 Å². The Bertz CT molecular complexity index is 1530. The van der Waals surface area contributed by atoms with Crippen molar-refractivity contribution in [2.75, 3.05) is 0 Å². The molecule has 2 aliphatic rings. The molecule has 3 heterocycles. The summed E-state index contributed by atoms with van der Waals surface area (Å²) >= 11 is 1.56. The Morgan fingerprint density at radius 3 is 2.79 bits per heavy atom. The zero-order chi connectivity index (χ0) is 23.4. The Hall–Kier alpha value is -3.76. The van der Waals surface area contributed by atoms with E-state index in [2.05, 4.69) is 21.7 Å². The second-order valence-corrected chi connectivity index (χ2v) is 10.1. The molecule has 0 spiro atoms. The van der Waals surface area contributed by atoms with E-state index in [9.17, 15) is 4.79 Å². The molecule has 0 amide bonds. The number of nitrogens with zero attached hydrogens (tertiary/aromatic N) is 5. The molecular weight excluding hydrogens is 442 g/mol. The summed E-state index contributed by atoms with van der Waals surface area (Å²) in [6.07, 6.45) is 7.06. The Morgan fingerprint density at radius 1 is 1.15 bits per heavy atom. The summed E-state index contributed by atoms with van der Waals surface area (Å²) in [5, 5.41) is 3.79. The van der Waals surface area contributed by atoms with Crippen molar-refractivity contribution in [3.63, 3.8) is 0 Å². The van der Waals surface area contributed by atoms with Gasteiger partial charge in [-0.15, -0.1) is 11.3 Å². The highest BCUT2D eigenvalue weighted by Crippen LogP contribution is 2.51. The minimum atomic E-state index is -0.534. The molecule has 3 aromatic heterocycles. The van der Waals surface area contributed by atoms with Crippen LogP contribution in [0.15, 0.2) is 59.9 Å². The van der Waals surface area contributed by atoms with Gasteiger partial charge >= 0.3 is 0 Å². The molecule has 1 aromatic carbocycles. The van der Waals surface area contributed by atoms with Crippen LogP contribution in [0.4, 0.5) is 0 Å². The van der Waals surface area contributed by atoms with E-state index in [1.54, 1.807) is 23.7 Å². The Balaban J connectivity index is 1.67. The zero-order valence-corrected chi connectivity index (χ0v) is 19.6. The molecule has 0 saturated carbocycles. The van der Waals surface area contributed by atoms with Gasteiger partial charge in [0.25, 0.3) is 0 Å². The van der Waals surface area contributed by atoms with E-state index in [0.717, 1.165) is 51.3 Å². The molecule has 6 rings (SSSR count). The second kappa shape index (κ2) is 7.64. The standard InChI is InChI=1S/C27H21N5OS/c1-15-19-9-8-18-22(26-30-12-13-34-26)31-25(17-10-11-29-20-7-5-4-6-16(17)20)32-24(18)27(19,2)14-21(28-3)23(15)33/h4-7,10-15,19H,8-9H2,1-2H3/t15-,19-,27-/m1/s1. The molecule has 0 N–H and O–H groups in total. The van der Waals surface area contributed by atoms with Gasteiger partial charge in [-0.3, -0.25) is 4.98 Å². The number of ketones is 1. The van der Waals surface area contributed by atoms with Gasteiger partial charge in [0.2, 0.25) is 5.70 Å². The number of carbonyl (C=O) groups is 1. The van der Waals surface area contributed by atoms with Crippen molar-refractivity contribution < 1.29 is 4.79 Å². The SMILES string of the molecule is [C-]#[N+]C1=C[C@@]2(C)c3nc(-c4ccnc5ccccc45)nc(-c4nccs4)c3CC[C@@H]2[C@@H](C)C1=O. The maximum Gasteiger partial charge on any atom is 0.226 e. The van der Waals surface area contributed by atoms with Crippen molar-refractivity contribution in [2.24, 2.45) is 11.8 Å². The summed E-state index contributed by atoms with van der Waals surface area (Å²) < 4.78 is 0. The van der Waals surface area contributed by atoms with Crippen LogP contribution in [-0.2, 0) is 16.6 Å². The highest BCUT2D eigenvalue weighted by atomic mass is 32.1. The Labute approximate surface area is 201 Å². The molecule has 0 aliphatic heterocycles. The molecule has 4 aromatic rings. The van der Waals surface area contributed by atoms with Crippen molar-refractivity contribution in [2.45, 2.75) is 32.1 Å². The van der Waals surface area contributed by atoms with E-state index in [0.29, 0.717) is 5.82 Å². The van der Waals surface area contributed by atoms with Crippen molar-refractivity contribution in [1.29, 1.82) is 0 Å². The van der Waals surface area contributed by atoms with Gasteiger partial charge < -0.3 is 4.79 Å². The lowest BCUT2D eigenvalue weighted by Gasteiger charge is -2.46. The quantitative estimate of drug-likeness (QED) is 0.359. The molecule has 2 aliphatic carbocycles. The molecule has 34 heavy (non-hydrogen) atoms.